The first-order valence-electron chi connectivity index (χ1n) is 14.9. The summed E-state index contributed by atoms with van der Waals surface area (Å²) in [6.07, 6.45) is 16.9. The number of unbranched alkanes of at least 4 members (excludes halogenated alkanes) is 14. The predicted octanol–water partition coefficient (Wildman–Crippen LogP) is 11.1. The third-order valence-electron chi connectivity index (χ3n) is 6.50. The van der Waals surface area contributed by atoms with Crippen molar-refractivity contribution in [3.63, 3.8) is 0 Å². The first-order chi connectivity index (χ1) is 20.1. The van der Waals surface area contributed by atoms with Crippen molar-refractivity contribution in [1.29, 1.82) is 0 Å². The molecule has 0 radical (unpaired) electrons. The molecule has 2 rings (SSSR count). The Kier molecular flexibility index (Phi) is 23.5. The summed E-state index contributed by atoms with van der Waals surface area (Å²) in [5.41, 5.74) is 0. The summed E-state index contributed by atoms with van der Waals surface area (Å²) >= 11 is 0. The number of ether oxygens (including phenoxy) is 2. The molecule has 242 valence electrons. The predicted molar refractivity (Wildman–Crippen MR) is 146 cm³/mol. The summed E-state index contributed by atoms with van der Waals surface area (Å²) in [4.78, 5) is 0. The van der Waals surface area contributed by atoms with E-state index in [0.29, 0.717) is 12.8 Å². The Morgan fingerprint density at radius 2 is 0.628 bits per heavy atom. The average molecular weight is 659 g/mol. The minimum absolute atomic E-state index is 0. The zero-order valence-corrected chi connectivity index (χ0v) is 26.6. The fraction of sp³-hybridized carbons (Fsp3) is 0.625. The molecule has 0 atom stereocenters. The molecule has 0 aliphatic rings. The number of rotatable bonds is 20. The van der Waals surface area contributed by atoms with E-state index in [4.69, 9.17) is 9.47 Å². The number of benzene rings is 2. The van der Waals surface area contributed by atoms with E-state index in [1.165, 1.54) is 63.5 Å². The molecule has 0 fully saturated rings. The summed E-state index contributed by atoms with van der Waals surface area (Å²) in [6, 6.07) is 2.64. The van der Waals surface area contributed by atoms with Crippen molar-refractivity contribution in [2.24, 2.45) is 0 Å². The summed E-state index contributed by atoms with van der Waals surface area (Å²) in [5, 5.41) is 0. The molecule has 0 aliphatic heterocycles. The molecule has 0 saturated carbocycles. The zero-order chi connectivity index (χ0) is 31.3. The van der Waals surface area contributed by atoms with Gasteiger partial charge >= 0.3 is 21.7 Å². The van der Waals surface area contributed by atoms with Crippen LogP contribution in [-0.2, 0) is 21.7 Å². The minimum Gasteiger partial charge on any atom is -0.513 e. The van der Waals surface area contributed by atoms with Crippen LogP contribution in [0, 0.1) is 58.7 Å². The van der Waals surface area contributed by atoms with Gasteiger partial charge in [-0.05, 0) is 12.8 Å². The maximum Gasteiger partial charge on any atom is 2.00 e. The van der Waals surface area contributed by atoms with E-state index in [1.807, 2.05) is 0 Å². The van der Waals surface area contributed by atoms with Crippen LogP contribution in [0.5, 0.6) is 11.5 Å². The quantitative estimate of drug-likeness (QED) is 0.0464. The van der Waals surface area contributed by atoms with Crippen LogP contribution in [0.2, 0.25) is 0 Å². The van der Waals surface area contributed by atoms with E-state index in [-0.39, 0.29) is 34.9 Å². The Bertz CT molecular complexity index is 905. The molecule has 0 amide bonds. The molecule has 0 aliphatic carbocycles. The smallest absolute Gasteiger partial charge is 0.513 e. The van der Waals surface area contributed by atoms with Crippen molar-refractivity contribution in [2.45, 2.75) is 117 Å². The van der Waals surface area contributed by atoms with Gasteiger partial charge in [-0.2, -0.15) is 0 Å². The molecule has 0 unspecified atom stereocenters. The zero-order valence-electron chi connectivity index (χ0n) is 25.1. The molecule has 2 aromatic carbocycles. The second-order valence-corrected chi connectivity index (χ2v) is 10.1. The number of halogens is 8. The Morgan fingerprint density at radius 3 is 0.884 bits per heavy atom. The fourth-order valence-electron chi connectivity index (χ4n) is 4.08. The van der Waals surface area contributed by atoms with Crippen LogP contribution in [0.25, 0.3) is 0 Å². The third kappa shape index (κ3) is 16.2. The Morgan fingerprint density at radius 1 is 0.395 bits per heavy atom. The second kappa shape index (κ2) is 24.5. The van der Waals surface area contributed by atoms with Crippen LogP contribution < -0.4 is 9.47 Å². The SMILES string of the molecule is CCCCCCCCCCOc1c(F)c(F)[c-]c(F)c1F.CCCCCCCCCCOc1c(F)c(F)[c-]c(F)c1F.[Ti+2]. The van der Waals surface area contributed by atoms with Crippen molar-refractivity contribution < 1.29 is 66.3 Å². The van der Waals surface area contributed by atoms with Crippen LogP contribution in [0.1, 0.15) is 117 Å². The number of hydrogen-bond donors (Lipinski definition) is 0. The summed E-state index contributed by atoms with van der Waals surface area (Å²) in [6.45, 7) is 4.38. The molecule has 43 heavy (non-hydrogen) atoms. The molecule has 0 heterocycles. The summed E-state index contributed by atoms with van der Waals surface area (Å²) in [7, 11) is 0. The monoisotopic (exact) mass is 658 g/mol. The van der Waals surface area contributed by atoms with E-state index in [1.54, 1.807) is 0 Å². The van der Waals surface area contributed by atoms with E-state index < -0.39 is 58.0 Å². The van der Waals surface area contributed by atoms with E-state index >= 15 is 0 Å². The molecule has 2 aromatic rings. The Balaban J connectivity index is 0.000000802. The number of hydrogen-bond acceptors (Lipinski definition) is 2. The van der Waals surface area contributed by atoms with Crippen LogP contribution in [0.3, 0.4) is 0 Å². The topological polar surface area (TPSA) is 18.5 Å². The normalized spacial score (nSPS) is 10.7. The molecule has 2 nitrogen and oxygen atoms in total. The summed E-state index contributed by atoms with van der Waals surface area (Å²) in [5.74, 6) is -14.4. The maximum atomic E-state index is 13.3. The first-order valence-corrected chi connectivity index (χ1v) is 14.9. The van der Waals surface area contributed by atoms with E-state index in [0.717, 1.165) is 38.5 Å². The second-order valence-electron chi connectivity index (χ2n) is 10.1. The van der Waals surface area contributed by atoms with Gasteiger partial charge in [-0.1, -0.05) is 104 Å². The standard InChI is InChI=1S/2C16H21F4O.Ti/c2*1-2-3-4-5-6-7-8-9-10-21-16-14(19)12(17)11-13(18)15(16)20;/h2*2-10H2,1H3;/q2*-1;+2. The van der Waals surface area contributed by atoms with E-state index in [2.05, 4.69) is 13.8 Å². The first kappa shape index (κ1) is 41.2. The van der Waals surface area contributed by atoms with Gasteiger partial charge in [0.05, 0.1) is 71.3 Å². The summed E-state index contributed by atoms with van der Waals surface area (Å²) < 4.78 is 114. The van der Waals surface area contributed by atoms with Crippen LogP contribution >= 0.6 is 0 Å². The van der Waals surface area contributed by atoms with E-state index in [9.17, 15) is 35.1 Å². The van der Waals surface area contributed by atoms with Gasteiger partial charge in [0.25, 0.3) is 0 Å². The molecule has 11 heteroatoms. The van der Waals surface area contributed by atoms with Gasteiger partial charge in [0.2, 0.25) is 0 Å². The van der Waals surface area contributed by atoms with Crippen LogP contribution in [0.15, 0.2) is 0 Å². The van der Waals surface area contributed by atoms with Gasteiger partial charge in [0, 0.05) is 0 Å². The molecule has 0 spiro atoms. The van der Waals surface area contributed by atoms with Gasteiger partial charge in [0.15, 0.2) is 0 Å². The van der Waals surface area contributed by atoms with Gasteiger partial charge in [0.1, 0.15) is 0 Å². The van der Waals surface area contributed by atoms with Gasteiger partial charge in [-0.3, -0.25) is 17.6 Å². The van der Waals surface area contributed by atoms with Gasteiger partial charge < -0.3 is 9.47 Å². The third-order valence-corrected chi connectivity index (χ3v) is 6.50. The van der Waals surface area contributed by atoms with Gasteiger partial charge in [-0.25, -0.2) is 17.6 Å². The molecule has 0 N–H and O–H groups in total. The molecule has 0 saturated heterocycles. The van der Waals surface area contributed by atoms with Crippen molar-refractivity contribution in [3.05, 3.63) is 58.7 Å². The molecular formula is C32H42F8O2Ti. The molecule has 0 aromatic heterocycles. The van der Waals surface area contributed by atoms with Crippen LogP contribution in [-0.4, -0.2) is 13.2 Å². The van der Waals surface area contributed by atoms with Crippen LogP contribution in [0.4, 0.5) is 35.1 Å². The van der Waals surface area contributed by atoms with Gasteiger partial charge in [-0.15, -0.1) is 12.1 Å². The maximum absolute atomic E-state index is 13.3. The Hall–Kier alpha value is -1.81. The molecular weight excluding hydrogens is 616 g/mol. The van der Waals surface area contributed by atoms with Crippen molar-refractivity contribution in [2.75, 3.05) is 13.2 Å². The van der Waals surface area contributed by atoms with Crippen molar-refractivity contribution in [1.82, 2.24) is 0 Å². The Labute approximate surface area is 265 Å². The fourth-order valence-corrected chi connectivity index (χ4v) is 4.08. The minimum atomic E-state index is -1.57. The van der Waals surface area contributed by atoms with Crippen molar-refractivity contribution in [3.8, 4) is 11.5 Å². The van der Waals surface area contributed by atoms with Crippen molar-refractivity contribution >= 4 is 0 Å². The molecule has 0 bridgehead atoms. The average Bonchev–Trinajstić information content (AvgIpc) is 2.96. The largest absolute Gasteiger partial charge is 2.00 e.